The zero-order valence-electron chi connectivity index (χ0n) is 10.5. The van der Waals surface area contributed by atoms with Gasteiger partial charge in [-0.25, -0.2) is 0 Å². The third-order valence-corrected chi connectivity index (χ3v) is 3.12. The summed E-state index contributed by atoms with van der Waals surface area (Å²) in [5, 5.41) is 13.3. The molecule has 19 heavy (non-hydrogen) atoms. The number of benzene rings is 1. The number of hydrogen-bond acceptors (Lipinski definition) is 2. The fourth-order valence-corrected chi connectivity index (χ4v) is 1.96. The smallest absolute Gasteiger partial charge is 0.306 e. The molecular weight excluding hydrogens is 266 g/mol. The molecule has 5 nitrogen and oxygen atoms in total. The molecule has 1 N–H and O–H groups in total. The Hall–Kier alpha value is -1.71. The van der Waals surface area contributed by atoms with Gasteiger partial charge in [0.2, 0.25) is 0 Å². The van der Waals surface area contributed by atoms with Gasteiger partial charge in [-0.1, -0.05) is 35.3 Å². The van der Waals surface area contributed by atoms with Crippen LogP contribution in [-0.4, -0.2) is 17.6 Å². The Morgan fingerprint density at radius 3 is 2.63 bits per heavy atom. The van der Waals surface area contributed by atoms with Gasteiger partial charge in [0.1, 0.15) is 0 Å². The standard InChI is InChI=1S/C13H16ClN3O2/c14-12-6-4-10(5-7-12)9-11(13(18)19)3-1-2-8-16-17-15/h4-7,11H,1-3,8-9H2,(H,18,19). The zero-order chi connectivity index (χ0) is 14.1. The largest absolute Gasteiger partial charge is 0.481 e. The van der Waals surface area contributed by atoms with Crippen LogP contribution in [0.5, 0.6) is 0 Å². The number of nitrogens with zero attached hydrogens (tertiary/aromatic N) is 3. The third kappa shape index (κ3) is 6.13. The van der Waals surface area contributed by atoms with E-state index in [4.69, 9.17) is 17.1 Å². The van der Waals surface area contributed by atoms with Crippen molar-refractivity contribution in [2.24, 2.45) is 11.0 Å². The summed E-state index contributed by atoms with van der Waals surface area (Å²) in [4.78, 5) is 13.8. The number of carbonyl (C=O) groups is 1. The van der Waals surface area contributed by atoms with Gasteiger partial charge < -0.3 is 5.11 Å². The number of halogens is 1. The lowest BCUT2D eigenvalue weighted by Gasteiger charge is -2.12. The summed E-state index contributed by atoms with van der Waals surface area (Å²) in [6.45, 7) is 0.420. The molecule has 1 aromatic rings. The first kappa shape index (κ1) is 15.3. The van der Waals surface area contributed by atoms with Crippen LogP contribution in [-0.2, 0) is 11.2 Å². The Labute approximate surface area is 116 Å². The Balaban J connectivity index is 2.46. The molecule has 0 bridgehead atoms. The molecule has 1 rings (SSSR count). The van der Waals surface area contributed by atoms with Gasteiger partial charge in [-0.15, -0.1) is 0 Å². The Bertz CT molecular complexity index is 455. The quantitative estimate of drug-likeness (QED) is 0.337. The van der Waals surface area contributed by atoms with Crippen molar-refractivity contribution in [3.8, 4) is 0 Å². The molecule has 102 valence electrons. The Kier molecular flexibility index (Phi) is 6.79. The number of unbranched alkanes of at least 4 members (excludes halogenated alkanes) is 1. The van der Waals surface area contributed by atoms with E-state index in [1.807, 2.05) is 12.1 Å². The average molecular weight is 282 g/mol. The zero-order valence-corrected chi connectivity index (χ0v) is 11.3. The molecule has 0 aliphatic heterocycles. The molecule has 0 fully saturated rings. The SMILES string of the molecule is [N-]=[N+]=NCCCCC(Cc1ccc(Cl)cc1)C(=O)O. The molecule has 0 spiro atoms. The predicted octanol–water partition coefficient (Wildman–Crippen LogP) is 4.06. The summed E-state index contributed by atoms with van der Waals surface area (Å²) in [5.74, 6) is -1.20. The highest BCUT2D eigenvalue weighted by molar-refractivity contribution is 6.30. The highest BCUT2D eigenvalue weighted by Gasteiger charge is 2.17. The van der Waals surface area contributed by atoms with Crippen molar-refractivity contribution in [3.05, 3.63) is 45.3 Å². The van der Waals surface area contributed by atoms with Gasteiger partial charge >= 0.3 is 5.97 Å². The van der Waals surface area contributed by atoms with Crippen molar-refractivity contribution in [1.29, 1.82) is 0 Å². The van der Waals surface area contributed by atoms with Crippen molar-refractivity contribution in [2.45, 2.75) is 25.7 Å². The van der Waals surface area contributed by atoms with E-state index in [0.29, 0.717) is 30.8 Å². The maximum atomic E-state index is 11.2. The van der Waals surface area contributed by atoms with Gasteiger partial charge in [-0.05, 0) is 42.5 Å². The molecule has 0 aliphatic rings. The summed E-state index contributed by atoms with van der Waals surface area (Å²) >= 11 is 5.79. The maximum absolute atomic E-state index is 11.2. The van der Waals surface area contributed by atoms with Gasteiger partial charge in [0.15, 0.2) is 0 Å². The molecule has 0 amide bonds. The second-order valence-corrected chi connectivity index (χ2v) is 4.75. The maximum Gasteiger partial charge on any atom is 0.306 e. The summed E-state index contributed by atoms with van der Waals surface area (Å²) < 4.78 is 0. The summed E-state index contributed by atoms with van der Waals surface area (Å²) in [6, 6.07) is 7.21. The lowest BCUT2D eigenvalue weighted by atomic mass is 9.94. The summed E-state index contributed by atoms with van der Waals surface area (Å²) in [6.07, 6.45) is 2.53. The Morgan fingerprint density at radius 2 is 2.05 bits per heavy atom. The average Bonchev–Trinajstić information content (AvgIpc) is 2.39. The summed E-state index contributed by atoms with van der Waals surface area (Å²) in [7, 11) is 0. The molecule has 1 atom stereocenters. The number of rotatable bonds is 8. The molecule has 0 saturated heterocycles. The minimum Gasteiger partial charge on any atom is -0.481 e. The Morgan fingerprint density at radius 1 is 1.37 bits per heavy atom. The van der Waals surface area contributed by atoms with Crippen LogP contribution in [0.1, 0.15) is 24.8 Å². The van der Waals surface area contributed by atoms with E-state index < -0.39 is 11.9 Å². The van der Waals surface area contributed by atoms with E-state index in [1.165, 1.54) is 0 Å². The first-order valence-corrected chi connectivity index (χ1v) is 6.49. The first-order chi connectivity index (χ1) is 9.13. The van der Waals surface area contributed by atoms with E-state index in [0.717, 1.165) is 12.0 Å². The lowest BCUT2D eigenvalue weighted by molar-refractivity contribution is -0.142. The van der Waals surface area contributed by atoms with Crippen molar-refractivity contribution in [1.82, 2.24) is 0 Å². The number of aliphatic carboxylic acids is 1. The molecular formula is C13H16ClN3O2. The highest BCUT2D eigenvalue weighted by Crippen LogP contribution is 2.18. The van der Waals surface area contributed by atoms with Crippen LogP contribution < -0.4 is 0 Å². The molecule has 0 aliphatic carbocycles. The monoisotopic (exact) mass is 281 g/mol. The van der Waals surface area contributed by atoms with Crippen molar-refractivity contribution < 1.29 is 9.90 Å². The van der Waals surface area contributed by atoms with E-state index in [-0.39, 0.29) is 0 Å². The van der Waals surface area contributed by atoms with Crippen LogP contribution in [0.3, 0.4) is 0 Å². The van der Waals surface area contributed by atoms with Gasteiger partial charge in [0.05, 0.1) is 5.92 Å². The van der Waals surface area contributed by atoms with Crippen molar-refractivity contribution in [3.63, 3.8) is 0 Å². The van der Waals surface area contributed by atoms with Crippen molar-refractivity contribution in [2.75, 3.05) is 6.54 Å². The third-order valence-electron chi connectivity index (χ3n) is 2.87. The summed E-state index contributed by atoms with van der Waals surface area (Å²) in [5.41, 5.74) is 9.10. The second kappa shape index (κ2) is 8.40. The number of carboxylic acid groups (broad SMARTS) is 1. The molecule has 0 saturated carbocycles. The van der Waals surface area contributed by atoms with Crippen LogP contribution in [0, 0.1) is 5.92 Å². The topological polar surface area (TPSA) is 86.1 Å². The minimum atomic E-state index is -0.793. The fourth-order valence-electron chi connectivity index (χ4n) is 1.84. The first-order valence-electron chi connectivity index (χ1n) is 6.11. The van der Waals surface area contributed by atoms with E-state index in [9.17, 15) is 9.90 Å². The molecule has 0 radical (unpaired) electrons. The van der Waals surface area contributed by atoms with Crippen LogP contribution in [0.15, 0.2) is 29.4 Å². The van der Waals surface area contributed by atoms with E-state index in [2.05, 4.69) is 10.0 Å². The van der Waals surface area contributed by atoms with E-state index in [1.54, 1.807) is 12.1 Å². The van der Waals surface area contributed by atoms with Gasteiger partial charge in [0.25, 0.3) is 0 Å². The fraction of sp³-hybridized carbons (Fsp3) is 0.462. The van der Waals surface area contributed by atoms with Crippen LogP contribution in [0.4, 0.5) is 0 Å². The number of carboxylic acids is 1. The number of hydrogen-bond donors (Lipinski definition) is 1. The normalized spacial score (nSPS) is 11.6. The highest BCUT2D eigenvalue weighted by atomic mass is 35.5. The number of azide groups is 1. The van der Waals surface area contributed by atoms with Gasteiger partial charge in [-0.2, -0.15) is 0 Å². The molecule has 0 heterocycles. The van der Waals surface area contributed by atoms with Gasteiger partial charge in [0, 0.05) is 16.5 Å². The molecule has 0 aromatic heterocycles. The van der Waals surface area contributed by atoms with Crippen LogP contribution >= 0.6 is 11.6 Å². The predicted molar refractivity (Wildman–Crippen MR) is 74.1 cm³/mol. The van der Waals surface area contributed by atoms with Crippen LogP contribution in [0.2, 0.25) is 5.02 Å². The van der Waals surface area contributed by atoms with E-state index >= 15 is 0 Å². The molecule has 1 aromatic carbocycles. The van der Waals surface area contributed by atoms with Crippen molar-refractivity contribution >= 4 is 17.6 Å². The van der Waals surface area contributed by atoms with Crippen LogP contribution in [0.25, 0.3) is 10.4 Å². The lowest BCUT2D eigenvalue weighted by Crippen LogP contribution is -2.16. The molecule has 1 unspecified atom stereocenters. The molecule has 6 heteroatoms. The van der Waals surface area contributed by atoms with Gasteiger partial charge in [-0.3, -0.25) is 4.79 Å². The minimum absolute atomic E-state index is 0.410. The second-order valence-electron chi connectivity index (χ2n) is 4.32.